The van der Waals surface area contributed by atoms with E-state index in [9.17, 15) is 13.2 Å². The van der Waals surface area contributed by atoms with Crippen molar-refractivity contribution >= 4 is 15.9 Å². The second kappa shape index (κ2) is 13.4. The molecule has 0 aliphatic carbocycles. The fourth-order valence-electron chi connectivity index (χ4n) is 7.15. The molecule has 2 aromatic rings. The van der Waals surface area contributed by atoms with Gasteiger partial charge in [0.05, 0.1) is 18.6 Å². The third-order valence-electron chi connectivity index (χ3n) is 9.42. The van der Waals surface area contributed by atoms with Gasteiger partial charge in [0.2, 0.25) is 15.9 Å². The zero-order chi connectivity index (χ0) is 29.7. The van der Waals surface area contributed by atoms with Crippen molar-refractivity contribution in [3.05, 3.63) is 53.3 Å². The van der Waals surface area contributed by atoms with Crippen molar-refractivity contribution in [1.29, 1.82) is 0 Å². The fourth-order valence-corrected chi connectivity index (χ4v) is 9.24. The van der Waals surface area contributed by atoms with Crippen molar-refractivity contribution in [2.45, 2.75) is 75.1 Å². The Morgan fingerprint density at radius 3 is 2.36 bits per heavy atom. The number of methoxy groups -OCH3 is 1. The van der Waals surface area contributed by atoms with Crippen LogP contribution in [0.1, 0.15) is 61.6 Å². The summed E-state index contributed by atoms with van der Waals surface area (Å²) in [7, 11) is -2.14. The number of likely N-dealkylation sites (tertiary alicyclic amines) is 2. The molecule has 0 saturated carbocycles. The molecule has 3 aliphatic heterocycles. The maximum Gasteiger partial charge on any atom is 0.248 e. The molecule has 10 heteroatoms. The predicted octanol–water partition coefficient (Wildman–Crippen LogP) is 3.92. The monoisotopic (exact) mass is 598 g/mol. The maximum atomic E-state index is 13.8. The van der Waals surface area contributed by atoms with Gasteiger partial charge in [-0.1, -0.05) is 12.5 Å². The summed E-state index contributed by atoms with van der Waals surface area (Å²) in [4.78, 5) is 22.4. The Bertz CT molecular complexity index is 1300. The zero-order valence-electron chi connectivity index (χ0n) is 25.4. The van der Waals surface area contributed by atoms with Crippen molar-refractivity contribution in [3.63, 3.8) is 0 Å². The normalized spacial score (nSPS) is 21.9. The summed E-state index contributed by atoms with van der Waals surface area (Å²) in [6.45, 7) is 8.92. The largest absolute Gasteiger partial charge is 0.497 e. The molecule has 3 fully saturated rings. The first-order valence-electron chi connectivity index (χ1n) is 15.4. The van der Waals surface area contributed by atoms with Crippen LogP contribution in [0.5, 0.6) is 5.75 Å². The molecular weight excluding hydrogens is 552 g/mol. The van der Waals surface area contributed by atoms with Crippen LogP contribution in [-0.2, 0) is 25.0 Å². The first kappa shape index (κ1) is 30.9. The van der Waals surface area contributed by atoms with Gasteiger partial charge in [-0.15, -0.1) is 0 Å². The van der Waals surface area contributed by atoms with Gasteiger partial charge in [-0.2, -0.15) is 4.31 Å². The van der Waals surface area contributed by atoms with E-state index in [0.717, 1.165) is 51.7 Å². The minimum absolute atomic E-state index is 0.00487. The Labute approximate surface area is 251 Å². The van der Waals surface area contributed by atoms with Crippen LogP contribution >= 0.6 is 0 Å². The highest BCUT2D eigenvalue weighted by atomic mass is 32.2. The molecule has 42 heavy (non-hydrogen) atoms. The Kier molecular flexibility index (Phi) is 9.87. The summed E-state index contributed by atoms with van der Waals surface area (Å²) in [5.74, 6) is 0.621. The SMILES string of the molecule is COc1cc(C)c(S(=O)(=O)N2CCCC[C@H]2COCC(=O)N2CCC(CN3CCCC3)(c3cccnc3)CC2)c(C)c1. The second-order valence-corrected chi connectivity index (χ2v) is 14.1. The van der Waals surface area contributed by atoms with E-state index in [4.69, 9.17) is 9.47 Å². The lowest BCUT2D eigenvalue weighted by atomic mass is 9.73. The number of amides is 1. The van der Waals surface area contributed by atoms with Gasteiger partial charge >= 0.3 is 0 Å². The predicted molar refractivity (Wildman–Crippen MR) is 162 cm³/mol. The lowest BCUT2D eigenvalue weighted by Gasteiger charge is -2.44. The number of aryl methyl sites for hydroxylation is 2. The average molecular weight is 599 g/mol. The molecule has 0 bridgehead atoms. The lowest BCUT2D eigenvalue weighted by Crippen LogP contribution is -2.51. The molecule has 0 spiro atoms. The van der Waals surface area contributed by atoms with Gasteiger partial charge in [0.1, 0.15) is 12.4 Å². The van der Waals surface area contributed by atoms with Gasteiger partial charge in [0.25, 0.3) is 0 Å². The van der Waals surface area contributed by atoms with Crippen LogP contribution in [-0.4, -0.2) is 99.0 Å². The molecule has 4 heterocycles. The second-order valence-electron chi connectivity index (χ2n) is 12.3. The Balaban J connectivity index is 1.19. The number of hydrogen-bond acceptors (Lipinski definition) is 7. The van der Waals surface area contributed by atoms with Gasteiger partial charge in [0.15, 0.2) is 0 Å². The summed E-state index contributed by atoms with van der Waals surface area (Å²) in [5, 5.41) is 0. The van der Waals surface area contributed by atoms with E-state index in [1.807, 2.05) is 37.2 Å². The minimum atomic E-state index is -3.72. The number of aromatic nitrogens is 1. The van der Waals surface area contributed by atoms with E-state index in [2.05, 4.69) is 16.0 Å². The highest BCUT2D eigenvalue weighted by molar-refractivity contribution is 7.89. The van der Waals surface area contributed by atoms with Crippen molar-refractivity contribution in [2.75, 3.05) is 59.6 Å². The molecule has 230 valence electrons. The fraction of sp³-hybridized carbons (Fsp3) is 0.625. The molecule has 3 aliphatic rings. The molecule has 1 atom stereocenters. The quantitative estimate of drug-likeness (QED) is 0.409. The first-order valence-corrected chi connectivity index (χ1v) is 16.8. The summed E-state index contributed by atoms with van der Waals surface area (Å²) >= 11 is 0. The van der Waals surface area contributed by atoms with Crippen molar-refractivity contribution in [3.8, 4) is 5.75 Å². The summed E-state index contributed by atoms with van der Waals surface area (Å²) in [6.07, 6.45) is 10.6. The molecule has 9 nitrogen and oxygen atoms in total. The number of carbonyl (C=O) groups excluding carboxylic acids is 1. The van der Waals surface area contributed by atoms with Crippen molar-refractivity contribution in [2.24, 2.45) is 0 Å². The molecule has 0 N–H and O–H groups in total. The number of benzene rings is 1. The van der Waals surface area contributed by atoms with Crippen LogP contribution in [0, 0.1) is 13.8 Å². The third kappa shape index (κ3) is 6.67. The smallest absolute Gasteiger partial charge is 0.248 e. The van der Waals surface area contributed by atoms with E-state index in [0.29, 0.717) is 41.4 Å². The van der Waals surface area contributed by atoms with Gasteiger partial charge < -0.3 is 19.3 Å². The Morgan fingerprint density at radius 2 is 1.71 bits per heavy atom. The molecule has 3 saturated heterocycles. The highest BCUT2D eigenvalue weighted by Gasteiger charge is 2.40. The van der Waals surface area contributed by atoms with Crippen LogP contribution in [0.15, 0.2) is 41.6 Å². The number of rotatable bonds is 10. The molecule has 1 aromatic carbocycles. The van der Waals surface area contributed by atoms with E-state index in [1.54, 1.807) is 23.5 Å². The number of pyridine rings is 1. The Hall–Kier alpha value is -2.53. The van der Waals surface area contributed by atoms with Gasteiger partial charge in [-0.3, -0.25) is 9.78 Å². The third-order valence-corrected chi connectivity index (χ3v) is 11.7. The number of hydrogen-bond donors (Lipinski definition) is 0. The molecule has 0 unspecified atom stereocenters. The van der Waals surface area contributed by atoms with Crippen LogP contribution in [0.25, 0.3) is 0 Å². The number of sulfonamides is 1. The molecule has 1 aromatic heterocycles. The summed E-state index contributed by atoms with van der Waals surface area (Å²) in [5.41, 5.74) is 2.61. The summed E-state index contributed by atoms with van der Waals surface area (Å²) < 4.78 is 40.5. The van der Waals surface area contributed by atoms with Crippen LogP contribution in [0.2, 0.25) is 0 Å². The van der Waals surface area contributed by atoms with Crippen LogP contribution in [0.4, 0.5) is 0 Å². The van der Waals surface area contributed by atoms with Gasteiger partial charge in [-0.25, -0.2) is 8.42 Å². The zero-order valence-corrected chi connectivity index (χ0v) is 26.2. The first-order chi connectivity index (χ1) is 20.2. The number of ether oxygens (including phenoxy) is 2. The van der Waals surface area contributed by atoms with Gasteiger partial charge in [0, 0.05) is 50.0 Å². The standard InChI is InChI=1S/C32H46N4O5S/c1-25-19-29(40-3)20-26(2)31(25)42(38,39)36-16-5-4-10-28(36)22-41-23-30(37)35-17-11-32(12-18-35,24-34-14-6-7-15-34)27-9-8-13-33-21-27/h8-9,13,19-21,28H,4-7,10-12,14-18,22-24H2,1-3H3/t28-/m0/s1. The van der Waals surface area contributed by atoms with Crippen molar-refractivity contribution < 1.29 is 22.7 Å². The van der Waals surface area contributed by atoms with Crippen LogP contribution in [0.3, 0.4) is 0 Å². The molecule has 0 radical (unpaired) electrons. The molecule has 5 rings (SSSR count). The summed E-state index contributed by atoms with van der Waals surface area (Å²) in [6, 6.07) is 7.43. The Morgan fingerprint density at radius 1 is 1.02 bits per heavy atom. The maximum absolute atomic E-state index is 13.8. The van der Waals surface area contributed by atoms with E-state index in [-0.39, 0.29) is 30.6 Å². The molecular formula is C32H46N4O5S. The van der Waals surface area contributed by atoms with E-state index < -0.39 is 10.0 Å². The highest BCUT2D eigenvalue weighted by Crippen LogP contribution is 2.37. The number of piperidine rings is 2. The van der Waals surface area contributed by atoms with Crippen LogP contribution < -0.4 is 4.74 Å². The van der Waals surface area contributed by atoms with E-state index in [1.165, 1.54) is 18.4 Å². The average Bonchev–Trinajstić information content (AvgIpc) is 3.50. The topological polar surface area (TPSA) is 92.3 Å². The lowest BCUT2D eigenvalue weighted by molar-refractivity contribution is -0.138. The minimum Gasteiger partial charge on any atom is -0.497 e. The van der Waals surface area contributed by atoms with Crippen molar-refractivity contribution in [1.82, 2.24) is 19.1 Å². The molecule has 1 amide bonds. The van der Waals surface area contributed by atoms with Gasteiger partial charge in [-0.05, 0) is 100 Å². The number of nitrogens with zero attached hydrogens (tertiary/aromatic N) is 4. The van der Waals surface area contributed by atoms with E-state index >= 15 is 0 Å². The number of carbonyl (C=O) groups is 1.